The van der Waals surface area contributed by atoms with Crippen LogP contribution in [0.2, 0.25) is 0 Å². The summed E-state index contributed by atoms with van der Waals surface area (Å²) >= 11 is 1.73. The van der Waals surface area contributed by atoms with Gasteiger partial charge in [-0.25, -0.2) is 0 Å². The first kappa shape index (κ1) is 23.0. The Labute approximate surface area is 265 Å². The summed E-state index contributed by atoms with van der Waals surface area (Å²) in [7, 11) is 0. The molecule has 4 aromatic heterocycles. The molecule has 7 rings (SSSR count). The first-order valence-corrected chi connectivity index (χ1v) is 13.7. The second-order valence-electron chi connectivity index (χ2n) is 10.0. The van der Waals surface area contributed by atoms with E-state index in [1.807, 2.05) is 24.4 Å². The van der Waals surface area contributed by atoms with E-state index in [0.717, 1.165) is 33.0 Å². The zero-order valence-corrected chi connectivity index (χ0v) is 26.3. The molecule has 0 fully saturated rings. The van der Waals surface area contributed by atoms with Gasteiger partial charge in [0.15, 0.2) is 0 Å². The molecular formula is C36H30IrN2OS-2. The number of pyridine rings is 2. The summed E-state index contributed by atoms with van der Waals surface area (Å²) in [6.45, 7) is 4.45. The Morgan fingerprint density at radius 1 is 0.805 bits per heavy atom. The van der Waals surface area contributed by atoms with Crippen LogP contribution in [0, 0.1) is 53.6 Å². The largest absolute Gasteiger partial charge is 0.501 e. The number of aryl methyl sites for hydroxylation is 6. The molecule has 0 unspecified atom stereocenters. The van der Waals surface area contributed by atoms with Crippen molar-refractivity contribution < 1.29 is 31.4 Å². The molecule has 0 spiro atoms. The van der Waals surface area contributed by atoms with Crippen molar-refractivity contribution in [1.29, 1.82) is 0 Å². The van der Waals surface area contributed by atoms with Gasteiger partial charge < -0.3 is 14.4 Å². The van der Waals surface area contributed by atoms with Crippen molar-refractivity contribution in [3.05, 3.63) is 118 Å². The van der Waals surface area contributed by atoms with Crippen LogP contribution in [0.3, 0.4) is 0 Å². The number of hydrogen-bond acceptors (Lipinski definition) is 4. The Morgan fingerprint density at radius 2 is 1.61 bits per heavy atom. The second-order valence-corrected chi connectivity index (χ2v) is 11.3. The predicted octanol–water partition coefficient (Wildman–Crippen LogP) is 10.1. The number of thiophene rings is 1. The van der Waals surface area contributed by atoms with Crippen molar-refractivity contribution in [2.45, 2.75) is 41.4 Å². The Hall–Kier alpha value is -3.63. The minimum atomic E-state index is -2.43. The number of fused-ring (bicyclic) bond motifs is 4. The van der Waals surface area contributed by atoms with Crippen LogP contribution in [-0.2, 0) is 20.1 Å². The molecule has 4 heterocycles. The van der Waals surface area contributed by atoms with Crippen LogP contribution in [-0.4, -0.2) is 9.97 Å². The summed E-state index contributed by atoms with van der Waals surface area (Å²) in [6.07, 6.45) is 3.15. The van der Waals surface area contributed by atoms with Crippen LogP contribution in [0.5, 0.6) is 0 Å². The molecule has 0 amide bonds. The van der Waals surface area contributed by atoms with Gasteiger partial charge in [-0.3, -0.25) is 0 Å². The average Bonchev–Trinajstić information content (AvgIpc) is 3.55. The van der Waals surface area contributed by atoms with Gasteiger partial charge in [0.25, 0.3) is 0 Å². The van der Waals surface area contributed by atoms with Gasteiger partial charge in [0.2, 0.25) is 0 Å². The van der Waals surface area contributed by atoms with E-state index in [0.29, 0.717) is 16.8 Å². The maximum atomic E-state index is 7.79. The molecule has 0 saturated heterocycles. The van der Waals surface area contributed by atoms with Crippen LogP contribution < -0.4 is 0 Å². The number of nitrogens with zero attached hydrogens (tertiary/aromatic N) is 2. The van der Waals surface area contributed by atoms with Crippen LogP contribution >= 0.6 is 11.3 Å². The van der Waals surface area contributed by atoms with E-state index in [-0.39, 0.29) is 31.2 Å². The zero-order chi connectivity index (χ0) is 32.0. The first-order chi connectivity index (χ1) is 21.4. The Kier molecular flexibility index (Phi) is 6.56. The smallest absolute Gasteiger partial charge is 0.121 e. The predicted molar refractivity (Wildman–Crippen MR) is 168 cm³/mol. The SMILES string of the molecule is Cc1c[c-]c(-c2cc(C)c(C)cn2)cc1.[2H]C([2H])c1cc(-c2[c-]ccc3c2oc2cc4cc(C)sc4cc23)ncc1C([2H])([2H])[2H].[Ir]. The molecule has 3 nitrogen and oxygen atoms in total. The molecular weight excluding hydrogens is 701 g/mol. The first-order valence-electron chi connectivity index (χ1n) is 15.6. The van der Waals surface area contributed by atoms with Crippen molar-refractivity contribution >= 4 is 43.4 Å². The van der Waals surface area contributed by atoms with E-state index in [9.17, 15) is 0 Å². The molecule has 7 aromatic rings. The molecule has 207 valence electrons. The van der Waals surface area contributed by atoms with Crippen molar-refractivity contribution in [2.75, 3.05) is 0 Å². The summed E-state index contributed by atoms with van der Waals surface area (Å²) in [5, 5.41) is 3.04. The zero-order valence-electron chi connectivity index (χ0n) is 28.0. The van der Waals surface area contributed by atoms with E-state index in [4.69, 9.17) is 11.3 Å². The van der Waals surface area contributed by atoms with Gasteiger partial charge in [-0.2, -0.15) is 0 Å². The van der Waals surface area contributed by atoms with E-state index in [2.05, 4.69) is 80.1 Å². The minimum Gasteiger partial charge on any atom is -0.501 e. The van der Waals surface area contributed by atoms with Gasteiger partial charge in [-0.15, -0.1) is 64.9 Å². The van der Waals surface area contributed by atoms with Crippen LogP contribution in [0.25, 0.3) is 54.5 Å². The van der Waals surface area contributed by atoms with E-state index in [1.165, 1.54) is 38.5 Å². The van der Waals surface area contributed by atoms with Crippen LogP contribution in [0.1, 0.15) is 39.5 Å². The standard InChI is InChI=1S/C22H16NOS.C14H14N.Ir/c1-12-7-19(23-11-13(12)2)17-6-4-5-16-18-10-21-15(8-14(3)25-21)9-20(18)24-22(16)17;1-10-4-6-13(7-5-10)14-8-11(2)12(3)9-15-14;/h4-5,7-11H,1-3H3;4-6,8-9H,1-3H3;/q2*-1;/i1D2,2D3;;. The monoisotopic (exact) mass is 736 g/mol. The van der Waals surface area contributed by atoms with Gasteiger partial charge in [0.05, 0.1) is 5.58 Å². The molecule has 5 heteroatoms. The molecule has 0 saturated carbocycles. The second kappa shape index (κ2) is 11.7. The summed E-state index contributed by atoms with van der Waals surface area (Å²) in [4.78, 5) is 9.97. The minimum absolute atomic E-state index is 0. The quantitative estimate of drug-likeness (QED) is 0.166. The summed E-state index contributed by atoms with van der Waals surface area (Å²) in [6, 6.07) is 26.1. The van der Waals surface area contributed by atoms with Crippen molar-refractivity contribution in [2.24, 2.45) is 0 Å². The summed E-state index contributed by atoms with van der Waals surface area (Å²) in [5.74, 6) is 0. The van der Waals surface area contributed by atoms with Crippen LogP contribution in [0.15, 0.2) is 77.5 Å². The van der Waals surface area contributed by atoms with E-state index < -0.39 is 13.7 Å². The molecule has 0 N–H and O–H groups in total. The van der Waals surface area contributed by atoms with Gasteiger partial charge in [0.1, 0.15) is 5.58 Å². The van der Waals surface area contributed by atoms with Gasteiger partial charge in [-0.1, -0.05) is 41.1 Å². The third-order valence-electron chi connectivity index (χ3n) is 7.00. The molecule has 0 atom stereocenters. The molecule has 0 aliphatic carbocycles. The van der Waals surface area contributed by atoms with Crippen molar-refractivity contribution in [3.8, 4) is 22.5 Å². The normalized spacial score (nSPS) is 13.1. The maximum Gasteiger partial charge on any atom is 0.121 e. The number of hydrogen-bond donors (Lipinski definition) is 0. The molecule has 0 aliphatic heterocycles. The fourth-order valence-corrected chi connectivity index (χ4v) is 5.58. The van der Waals surface area contributed by atoms with Crippen molar-refractivity contribution in [3.63, 3.8) is 0 Å². The molecule has 1 radical (unpaired) electrons. The number of rotatable bonds is 2. The van der Waals surface area contributed by atoms with E-state index in [1.54, 1.807) is 17.4 Å². The fourth-order valence-electron chi connectivity index (χ4n) is 4.64. The number of furan rings is 1. The Balaban J connectivity index is 0.000000220. The Bertz CT molecular complexity index is 2190. The summed E-state index contributed by atoms with van der Waals surface area (Å²) < 4.78 is 45.9. The van der Waals surface area contributed by atoms with Gasteiger partial charge >= 0.3 is 0 Å². The summed E-state index contributed by atoms with van der Waals surface area (Å²) in [5.41, 5.74) is 8.20. The Morgan fingerprint density at radius 3 is 2.37 bits per heavy atom. The number of benzene rings is 3. The topological polar surface area (TPSA) is 38.9 Å². The molecule has 0 bridgehead atoms. The van der Waals surface area contributed by atoms with E-state index >= 15 is 0 Å². The fraction of sp³-hybridized carbons (Fsp3) is 0.167. The van der Waals surface area contributed by atoms with Crippen molar-refractivity contribution in [1.82, 2.24) is 9.97 Å². The third-order valence-corrected chi connectivity index (χ3v) is 8.02. The van der Waals surface area contributed by atoms with Crippen LogP contribution in [0.4, 0.5) is 0 Å². The maximum absolute atomic E-state index is 7.79. The average molecular weight is 736 g/mol. The molecule has 3 aromatic carbocycles. The van der Waals surface area contributed by atoms with Gasteiger partial charge in [0, 0.05) is 54.3 Å². The number of aromatic nitrogens is 2. The van der Waals surface area contributed by atoms with Gasteiger partial charge in [-0.05, 0) is 80.6 Å². The third kappa shape index (κ3) is 5.76. The molecule has 41 heavy (non-hydrogen) atoms. The molecule has 0 aliphatic rings.